The standard InChI is InChI=1S/C21H26N6O3/c1-14-7-8-17(30-3)16(12-14)22-19(28)13-27-21(29)26-11-9-18(23-20(26)24-27)25-10-5-4-6-15(25)2/h7-9,11-12,15H,4-6,10,13H2,1-3H3,(H,22,28)/t15-/m1/s1. The van der Waals surface area contributed by atoms with Crippen molar-refractivity contribution in [3.8, 4) is 5.75 Å². The Hall–Kier alpha value is -3.36. The Kier molecular flexibility index (Phi) is 5.43. The molecule has 1 aliphatic heterocycles. The summed E-state index contributed by atoms with van der Waals surface area (Å²) in [5.41, 5.74) is 1.14. The Labute approximate surface area is 174 Å². The highest BCUT2D eigenvalue weighted by Gasteiger charge is 2.21. The first-order chi connectivity index (χ1) is 14.5. The van der Waals surface area contributed by atoms with Crippen LogP contribution in [0.25, 0.3) is 5.78 Å². The van der Waals surface area contributed by atoms with Crippen LogP contribution < -0.4 is 20.6 Å². The number of hydrogen-bond acceptors (Lipinski definition) is 6. The summed E-state index contributed by atoms with van der Waals surface area (Å²) in [6.07, 6.45) is 5.14. The Morgan fingerprint density at radius 1 is 1.30 bits per heavy atom. The molecule has 1 aromatic carbocycles. The van der Waals surface area contributed by atoms with E-state index in [0.29, 0.717) is 17.5 Å². The maximum Gasteiger partial charge on any atom is 0.352 e. The zero-order valence-electron chi connectivity index (χ0n) is 17.5. The highest BCUT2D eigenvalue weighted by molar-refractivity contribution is 5.92. The first-order valence-electron chi connectivity index (χ1n) is 10.1. The van der Waals surface area contributed by atoms with Gasteiger partial charge in [-0.15, -0.1) is 5.10 Å². The van der Waals surface area contributed by atoms with E-state index < -0.39 is 5.69 Å². The van der Waals surface area contributed by atoms with Crippen molar-refractivity contribution in [1.29, 1.82) is 0 Å². The molecule has 0 aliphatic carbocycles. The predicted octanol–water partition coefficient (Wildman–Crippen LogP) is 2.23. The molecule has 0 radical (unpaired) electrons. The summed E-state index contributed by atoms with van der Waals surface area (Å²) >= 11 is 0. The predicted molar refractivity (Wildman–Crippen MR) is 114 cm³/mol. The number of hydrogen-bond donors (Lipinski definition) is 1. The topological polar surface area (TPSA) is 93.8 Å². The molecule has 0 saturated carbocycles. The second-order valence-corrected chi connectivity index (χ2v) is 7.69. The van der Waals surface area contributed by atoms with Gasteiger partial charge in [0.2, 0.25) is 5.91 Å². The van der Waals surface area contributed by atoms with Gasteiger partial charge >= 0.3 is 5.69 Å². The van der Waals surface area contributed by atoms with E-state index in [2.05, 4.69) is 27.2 Å². The summed E-state index contributed by atoms with van der Waals surface area (Å²) in [5, 5.41) is 7.06. The van der Waals surface area contributed by atoms with Gasteiger partial charge in [0.05, 0.1) is 12.8 Å². The average Bonchev–Trinajstić information content (AvgIpc) is 3.03. The number of aromatic nitrogens is 4. The van der Waals surface area contributed by atoms with Crippen LogP contribution >= 0.6 is 0 Å². The summed E-state index contributed by atoms with van der Waals surface area (Å²) < 4.78 is 7.77. The molecule has 158 valence electrons. The smallest absolute Gasteiger partial charge is 0.352 e. The van der Waals surface area contributed by atoms with E-state index in [-0.39, 0.29) is 18.2 Å². The van der Waals surface area contributed by atoms with Crippen molar-refractivity contribution >= 4 is 23.2 Å². The summed E-state index contributed by atoms with van der Waals surface area (Å²) in [6, 6.07) is 7.73. The number of piperidine rings is 1. The summed E-state index contributed by atoms with van der Waals surface area (Å²) in [5.74, 6) is 1.28. The molecule has 4 rings (SSSR count). The first-order valence-corrected chi connectivity index (χ1v) is 10.1. The Morgan fingerprint density at radius 2 is 2.13 bits per heavy atom. The van der Waals surface area contributed by atoms with Gasteiger partial charge in [-0.3, -0.25) is 4.79 Å². The molecule has 3 heterocycles. The van der Waals surface area contributed by atoms with Gasteiger partial charge in [-0.05, 0) is 56.9 Å². The number of carbonyl (C=O) groups is 1. The lowest BCUT2D eigenvalue weighted by Crippen LogP contribution is -2.38. The average molecular weight is 410 g/mol. The molecule has 0 bridgehead atoms. The van der Waals surface area contributed by atoms with Gasteiger partial charge in [0, 0.05) is 18.8 Å². The molecular formula is C21H26N6O3. The van der Waals surface area contributed by atoms with Crippen LogP contribution in [0, 0.1) is 6.92 Å². The zero-order valence-corrected chi connectivity index (χ0v) is 17.5. The molecule has 9 nitrogen and oxygen atoms in total. The number of aryl methyl sites for hydroxylation is 1. The molecule has 0 unspecified atom stereocenters. The number of methoxy groups -OCH3 is 1. The molecular weight excluding hydrogens is 384 g/mol. The highest BCUT2D eigenvalue weighted by Crippen LogP contribution is 2.25. The van der Waals surface area contributed by atoms with E-state index in [0.717, 1.165) is 35.4 Å². The summed E-state index contributed by atoms with van der Waals surface area (Å²) in [4.78, 5) is 32.0. The molecule has 1 atom stereocenters. The third kappa shape index (κ3) is 3.87. The lowest BCUT2D eigenvalue weighted by Gasteiger charge is -2.34. The van der Waals surface area contributed by atoms with E-state index in [1.165, 1.54) is 10.8 Å². The van der Waals surface area contributed by atoms with E-state index in [1.807, 2.05) is 25.1 Å². The third-order valence-corrected chi connectivity index (χ3v) is 5.46. The molecule has 1 amide bonds. The number of nitrogens with zero attached hydrogens (tertiary/aromatic N) is 5. The molecule has 1 N–H and O–H groups in total. The molecule has 9 heteroatoms. The van der Waals surface area contributed by atoms with Gasteiger partial charge in [0.1, 0.15) is 18.1 Å². The van der Waals surface area contributed by atoms with Crippen molar-refractivity contribution in [3.05, 3.63) is 46.5 Å². The monoisotopic (exact) mass is 410 g/mol. The number of anilines is 2. The van der Waals surface area contributed by atoms with E-state index >= 15 is 0 Å². The van der Waals surface area contributed by atoms with E-state index in [9.17, 15) is 9.59 Å². The van der Waals surface area contributed by atoms with Crippen LogP contribution in [0.1, 0.15) is 31.7 Å². The number of fused-ring (bicyclic) bond motifs is 1. The fourth-order valence-electron chi connectivity index (χ4n) is 3.84. The second-order valence-electron chi connectivity index (χ2n) is 7.69. The molecule has 2 aromatic heterocycles. The fraction of sp³-hybridized carbons (Fsp3) is 0.429. The van der Waals surface area contributed by atoms with Gasteiger partial charge in [-0.1, -0.05) is 6.07 Å². The number of carbonyl (C=O) groups excluding carboxylic acids is 1. The maximum atomic E-state index is 12.7. The van der Waals surface area contributed by atoms with Crippen molar-refractivity contribution in [2.45, 2.75) is 45.7 Å². The van der Waals surface area contributed by atoms with E-state index in [1.54, 1.807) is 19.4 Å². The first kappa shape index (κ1) is 19.9. The van der Waals surface area contributed by atoms with Crippen LogP contribution in [0.4, 0.5) is 11.5 Å². The number of ether oxygens (including phenoxy) is 1. The Morgan fingerprint density at radius 3 is 2.90 bits per heavy atom. The number of benzene rings is 1. The summed E-state index contributed by atoms with van der Waals surface area (Å²) in [6.45, 7) is 4.83. The van der Waals surface area contributed by atoms with Crippen LogP contribution in [0.15, 0.2) is 35.3 Å². The number of amides is 1. The Balaban J connectivity index is 1.56. The van der Waals surface area contributed by atoms with Crippen molar-refractivity contribution < 1.29 is 9.53 Å². The van der Waals surface area contributed by atoms with Gasteiger partial charge < -0.3 is 15.0 Å². The molecule has 0 spiro atoms. The van der Waals surface area contributed by atoms with Crippen LogP contribution in [-0.4, -0.2) is 44.8 Å². The minimum atomic E-state index is -0.401. The van der Waals surface area contributed by atoms with Crippen LogP contribution in [0.5, 0.6) is 5.75 Å². The maximum absolute atomic E-state index is 12.7. The van der Waals surface area contributed by atoms with Crippen LogP contribution in [0.3, 0.4) is 0 Å². The van der Waals surface area contributed by atoms with Crippen LogP contribution in [-0.2, 0) is 11.3 Å². The molecule has 3 aromatic rings. The second kappa shape index (κ2) is 8.17. The molecule has 30 heavy (non-hydrogen) atoms. The molecule has 1 aliphatic rings. The van der Waals surface area contributed by atoms with Crippen molar-refractivity contribution in [3.63, 3.8) is 0 Å². The third-order valence-electron chi connectivity index (χ3n) is 5.46. The lowest BCUT2D eigenvalue weighted by atomic mass is 10.0. The van der Waals surface area contributed by atoms with E-state index in [4.69, 9.17) is 4.74 Å². The number of rotatable bonds is 5. The highest BCUT2D eigenvalue weighted by atomic mass is 16.5. The van der Waals surface area contributed by atoms with Crippen molar-refractivity contribution in [2.75, 3.05) is 23.9 Å². The van der Waals surface area contributed by atoms with Gasteiger partial charge in [0.15, 0.2) is 0 Å². The van der Waals surface area contributed by atoms with Crippen LogP contribution in [0.2, 0.25) is 0 Å². The van der Waals surface area contributed by atoms with Gasteiger partial charge in [0.25, 0.3) is 5.78 Å². The molecule has 1 saturated heterocycles. The zero-order chi connectivity index (χ0) is 21.3. The lowest BCUT2D eigenvalue weighted by molar-refractivity contribution is -0.117. The normalized spacial score (nSPS) is 16.6. The fourth-order valence-corrected chi connectivity index (χ4v) is 3.84. The van der Waals surface area contributed by atoms with Gasteiger partial charge in [-0.2, -0.15) is 4.98 Å². The minimum absolute atomic E-state index is 0.214. The summed E-state index contributed by atoms with van der Waals surface area (Å²) in [7, 11) is 1.54. The number of nitrogens with one attached hydrogen (secondary N) is 1. The van der Waals surface area contributed by atoms with Crippen molar-refractivity contribution in [2.24, 2.45) is 0 Å². The van der Waals surface area contributed by atoms with Crippen molar-refractivity contribution in [1.82, 2.24) is 19.2 Å². The minimum Gasteiger partial charge on any atom is -0.495 e. The quantitative estimate of drug-likeness (QED) is 0.693. The SMILES string of the molecule is COc1ccc(C)cc1NC(=O)Cn1nc2nc(N3CCCC[C@H]3C)ccn2c1=O. The van der Waals surface area contributed by atoms with Gasteiger partial charge in [-0.25, -0.2) is 13.9 Å². The largest absolute Gasteiger partial charge is 0.495 e. The Bertz CT molecular complexity index is 1140. The molecule has 1 fully saturated rings.